The van der Waals surface area contributed by atoms with E-state index in [-0.39, 0.29) is 6.61 Å². The molecule has 1 aliphatic heterocycles. The third kappa shape index (κ3) is 4.01. The van der Waals surface area contributed by atoms with Crippen LogP contribution in [0.15, 0.2) is 30.3 Å². The zero-order valence-electron chi connectivity index (χ0n) is 14.4. The molecule has 25 heavy (non-hydrogen) atoms. The Morgan fingerprint density at radius 1 is 1.40 bits per heavy atom. The first-order chi connectivity index (χ1) is 12.1. The van der Waals surface area contributed by atoms with Crippen molar-refractivity contribution < 1.29 is 9.53 Å². The van der Waals surface area contributed by atoms with Gasteiger partial charge in [0.1, 0.15) is 17.7 Å². The molecular weight excluding hydrogens is 334 g/mol. The molecule has 0 atom stereocenters. The van der Waals surface area contributed by atoms with E-state index >= 15 is 0 Å². The summed E-state index contributed by atoms with van der Waals surface area (Å²) < 4.78 is 5.26. The lowest BCUT2D eigenvalue weighted by Crippen LogP contribution is -2.35. The lowest BCUT2D eigenvalue weighted by Gasteiger charge is -2.30. The molecule has 1 amide bonds. The van der Waals surface area contributed by atoms with Gasteiger partial charge in [0, 0.05) is 24.0 Å². The molecule has 5 nitrogen and oxygen atoms in total. The highest BCUT2D eigenvalue weighted by Gasteiger charge is 2.26. The van der Waals surface area contributed by atoms with E-state index in [1.807, 2.05) is 30.3 Å². The highest BCUT2D eigenvalue weighted by molar-refractivity contribution is 7.16. The Morgan fingerprint density at radius 2 is 2.16 bits per heavy atom. The number of nitriles is 1. The molecule has 0 saturated heterocycles. The minimum Gasteiger partial charge on any atom is -0.444 e. The molecular formula is C19H21N3O2S. The van der Waals surface area contributed by atoms with Gasteiger partial charge in [-0.3, -0.25) is 10.2 Å². The molecule has 2 heterocycles. The summed E-state index contributed by atoms with van der Waals surface area (Å²) in [7, 11) is 0. The number of ether oxygens (including phenoxy) is 1. The Bertz CT molecular complexity index is 793. The van der Waals surface area contributed by atoms with E-state index in [0.717, 1.165) is 35.5 Å². The maximum atomic E-state index is 12.1. The van der Waals surface area contributed by atoms with E-state index in [2.05, 4.69) is 30.1 Å². The average molecular weight is 355 g/mol. The second-order valence-electron chi connectivity index (χ2n) is 6.32. The lowest BCUT2D eigenvalue weighted by molar-refractivity contribution is 0.155. The second kappa shape index (κ2) is 7.68. The fraction of sp³-hybridized carbons (Fsp3) is 0.368. The SMILES string of the molecule is CC(C)N1CCc2c(sc(NC(=O)OCc3ccccc3)c2C#N)C1. The van der Waals surface area contributed by atoms with E-state index in [4.69, 9.17) is 4.74 Å². The monoisotopic (exact) mass is 355 g/mol. The van der Waals surface area contributed by atoms with Gasteiger partial charge in [0.05, 0.1) is 5.56 Å². The van der Waals surface area contributed by atoms with E-state index in [1.54, 1.807) is 0 Å². The van der Waals surface area contributed by atoms with Gasteiger partial charge in [-0.1, -0.05) is 30.3 Å². The number of thiophene rings is 1. The molecule has 130 valence electrons. The number of benzene rings is 1. The van der Waals surface area contributed by atoms with Crippen molar-refractivity contribution in [3.05, 3.63) is 51.9 Å². The topological polar surface area (TPSA) is 65.4 Å². The van der Waals surface area contributed by atoms with Gasteiger partial charge in [-0.15, -0.1) is 11.3 Å². The van der Waals surface area contributed by atoms with Crippen molar-refractivity contribution in [2.45, 2.75) is 39.5 Å². The van der Waals surface area contributed by atoms with Gasteiger partial charge >= 0.3 is 6.09 Å². The van der Waals surface area contributed by atoms with E-state index in [0.29, 0.717) is 16.6 Å². The molecule has 1 aromatic carbocycles. The predicted molar refractivity (Wildman–Crippen MR) is 98.5 cm³/mol. The molecule has 0 aliphatic carbocycles. The predicted octanol–water partition coefficient (Wildman–Crippen LogP) is 4.13. The van der Waals surface area contributed by atoms with Gasteiger partial charge in [0.15, 0.2) is 0 Å². The standard InChI is InChI=1S/C19H21N3O2S/c1-13(2)22-9-8-15-16(10-20)18(25-17(15)11-22)21-19(23)24-12-14-6-4-3-5-7-14/h3-7,13H,8-9,11-12H2,1-2H3,(H,21,23). The zero-order chi connectivity index (χ0) is 17.8. The van der Waals surface area contributed by atoms with Gasteiger partial charge in [-0.05, 0) is 31.4 Å². The Kier molecular flexibility index (Phi) is 5.37. The number of rotatable bonds is 4. The first-order valence-electron chi connectivity index (χ1n) is 8.35. The smallest absolute Gasteiger partial charge is 0.412 e. The first kappa shape index (κ1) is 17.5. The number of amides is 1. The highest BCUT2D eigenvalue weighted by atomic mass is 32.1. The first-order valence-corrected chi connectivity index (χ1v) is 9.16. The van der Waals surface area contributed by atoms with E-state index in [1.165, 1.54) is 11.3 Å². The summed E-state index contributed by atoms with van der Waals surface area (Å²) in [5, 5.41) is 12.9. The van der Waals surface area contributed by atoms with Crippen molar-refractivity contribution in [1.29, 1.82) is 5.26 Å². The normalized spacial score (nSPS) is 14.0. The van der Waals surface area contributed by atoms with Crippen LogP contribution in [0.2, 0.25) is 0 Å². The average Bonchev–Trinajstić information content (AvgIpc) is 2.96. The maximum absolute atomic E-state index is 12.1. The highest BCUT2D eigenvalue weighted by Crippen LogP contribution is 2.37. The van der Waals surface area contributed by atoms with E-state index < -0.39 is 6.09 Å². The summed E-state index contributed by atoms with van der Waals surface area (Å²) in [6.45, 7) is 6.32. The van der Waals surface area contributed by atoms with Gasteiger partial charge in [0.25, 0.3) is 0 Å². The van der Waals surface area contributed by atoms with Crippen LogP contribution in [0.5, 0.6) is 0 Å². The number of hydrogen-bond donors (Lipinski definition) is 1. The molecule has 1 N–H and O–H groups in total. The van der Waals surface area contributed by atoms with Crippen LogP contribution in [0.4, 0.5) is 9.80 Å². The minimum atomic E-state index is -0.528. The molecule has 0 bridgehead atoms. The summed E-state index contributed by atoms with van der Waals surface area (Å²) >= 11 is 1.48. The van der Waals surface area contributed by atoms with Crippen molar-refractivity contribution in [2.75, 3.05) is 11.9 Å². The summed E-state index contributed by atoms with van der Waals surface area (Å²) in [5.41, 5.74) is 2.58. The molecule has 6 heteroatoms. The van der Waals surface area contributed by atoms with Gasteiger partial charge in [0.2, 0.25) is 0 Å². The van der Waals surface area contributed by atoms with Crippen LogP contribution in [0.25, 0.3) is 0 Å². The van der Waals surface area contributed by atoms with Crippen molar-refractivity contribution >= 4 is 22.4 Å². The summed E-state index contributed by atoms with van der Waals surface area (Å²) in [6, 6.07) is 12.2. The van der Waals surface area contributed by atoms with Crippen molar-refractivity contribution in [1.82, 2.24) is 4.90 Å². The fourth-order valence-electron chi connectivity index (χ4n) is 2.92. The van der Waals surface area contributed by atoms with Crippen LogP contribution in [0.3, 0.4) is 0 Å². The summed E-state index contributed by atoms with van der Waals surface area (Å²) in [4.78, 5) is 15.6. The van der Waals surface area contributed by atoms with Crippen LogP contribution >= 0.6 is 11.3 Å². The maximum Gasteiger partial charge on any atom is 0.412 e. The number of carbonyl (C=O) groups is 1. The Morgan fingerprint density at radius 3 is 2.84 bits per heavy atom. The molecule has 0 unspecified atom stereocenters. The van der Waals surface area contributed by atoms with Gasteiger partial charge in [-0.25, -0.2) is 4.79 Å². The molecule has 2 aromatic rings. The van der Waals surface area contributed by atoms with Crippen molar-refractivity contribution in [3.63, 3.8) is 0 Å². The summed E-state index contributed by atoms with van der Waals surface area (Å²) in [5.74, 6) is 0. The Hall–Kier alpha value is -2.36. The molecule has 0 radical (unpaired) electrons. The van der Waals surface area contributed by atoms with Crippen LogP contribution in [0.1, 0.15) is 35.4 Å². The summed E-state index contributed by atoms with van der Waals surface area (Å²) in [6.07, 6.45) is 0.313. The second-order valence-corrected chi connectivity index (χ2v) is 7.43. The Balaban J connectivity index is 1.68. The third-order valence-electron chi connectivity index (χ3n) is 4.36. The molecule has 1 aromatic heterocycles. The van der Waals surface area contributed by atoms with Crippen LogP contribution in [-0.2, 0) is 24.3 Å². The van der Waals surface area contributed by atoms with Crippen LogP contribution in [-0.4, -0.2) is 23.6 Å². The van der Waals surface area contributed by atoms with Crippen molar-refractivity contribution in [3.8, 4) is 6.07 Å². The number of hydrogen-bond acceptors (Lipinski definition) is 5. The zero-order valence-corrected chi connectivity index (χ0v) is 15.2. The fourth-order valence-corrected chi connectivity index (χ4v) is 4.13. The molecule has 0 fully saturated rings. The number of carbonyl (C=O) groups excluding carboxylic acids is 1. The molecule has 3 rings (SSSR count). The number of fused-ring (bicyclic) bond motifs is 1. The third-order valence-corrected chi connectivity index (χ3v) is 5.49. The molecule has 1 aliphatic rings. The largest absolute Gasteiger partial charge is 0.444 e. The van der Waals surface area contributed by atoms with Crippen LogP contribution in [0, 0.1) is 11.3 Å². The van der Waals surface area contributed by atoms with E-state index in [9.17, 15) is 10.1 Å². The lowest BCUT2D eigenvalue weighted by atomic mass is 10.0. The van der Waals surface area contributed by atoms with Gasteiger partial charge in [-0.2, -0.15) is 5.26 Å². The minimum absolute atomic E-state index is 0.209. The van der Waals surface area contributed by atoms with Gasteiger partial charge < -0.3 is 4.74 Å². The quantitative estimate of drug-likeness (QED) is 0.895. The number of nitrogens with one attached hydrogen (secondary N) is 1. The number of nitrogens with zero attached hydrogens (tertiary/aromatic N) is 2. The molecule has 0 saturated carbocycles. The molecule has 0 spiro atoms. The Labute approximate surface area is 151 Å². The van der Waals surface area contributed by atoms with Crippen LogP contribution < -0.4 is 5.32 Å². The number of anilines is 1. The van der Waals surface area contributed by atoms with Crippen molar-refractivity contribution in [2.24, 2.45) is 0 Å².